The fourth-order valence-corrected chi connectivity index (χ4v) is 4.74. The molecule has 0 saturated heterocycles. The zero-order chi connectivity index (χ0) is 19.3. The van der Waals surface area contributed by atoms with Gasteiger partial charge >= 0.3 is 0 Å². The quantitative estimate of drug-likeness (QED) is 0.250. The van der Waals surface area contributed by atoms with Crippen molar-refractivity contribution in [2.75, 3.05) is 11.9 Å². The van der Waals surface area contributed by atoms with Crippen molar-refractivity contribution >= 4 is 86.1 Å². The molecule has 0 fully saturated rings. The van der Waals surface area contributed by atoms with E-state index < -0.39 is 5.91 Å². The molecule has 1 amide bonds. The summed E-state index contributed by atoms with van der Waals surface area (Å²) in [5, 5.41) is 12.8. The number of nitrogens with zero attached hydrogens (tertiary/aromatic N) is 1. The summed E-state index contributed by atoms with van der Waals surface area (Å²) in [5.74, 6) is 0.257. The van der Waals surface area contributed by atoms with Crippen LogP contribution in [0.3, 0.4) is 0 Å². The summed E-state index contributed by atoms with van der Waals surface area (Å²) in [6, 6.07) is 10.3. The first kappa shape index (κ1) is 21.3. The number of hydrogen-bond acceptors (Lipinski definition) is 3. The van der Waals surface area contributed by atoms with Gasteiger partial charge in [-0.05, 0) is 94.1 Å². The van der Waals surface area contributed by atoms with E-state index in [4.69, 9.17) is 27.9 Å². The Morgan fingerprint density at radius 1 is 1.19 bits per heavy atom. The van der Waals surface area contributed by atoms with E-state index in [1.165, 1.54) is 6.08 Å². The fourth-order valence-electron chi connectivity index (χ4n) is 2.08. The van der Waals surface area contributed by atoms with Gasteiger partial charge in [0.25, 0.3) is 5.91 Å². The Kier molecular flexibility index (Phi) is 8.01. The third-order valence-electron chi connectivity index (χ3n) is 3.11. The Labute approximate surface area is 188 Å². The molecular formula is C18H12Cl2I2N2O2. The zero-order valence-electron chi connectivity index (χ0n) is 13.4. The van der Waals surface area contributed by atoms with Gasteiger partial charge in [-0.2, -0.15) is 5.26 Å². The summed E-state index contributed by atoms with van der Waals surface area (Å²) in [6.45, 7) is 2.48. The molecule has 2 aromatic rings. The monoisotopic (exact) mass is 612 g/mol. The first-order chi connectivity index (χ1) is 12.3. The SMILES string of the molecule is CCOc1c(I)cc(C=C(C#N)C(=O)Nc2cc(Cl)cc(Cl)c2)cc1I. The number of hydrogen-bond donors (Lipinski definition) is 1. The second-order valence-electron chi connectivity index (χ2n) is 5.03. The van der Waals surface area contributed by atoms with Crippen LogP contribution in [-0.2, 0) is 4.79 Å². The van der Waals surface area contributed by atoms with Crippen molar-refractivity contribution in [2.24, 2.45) is 0 Å². The van der Waals surface area contributed by atoms with E-state index in [-0.39, 0.29) is 5.57 Å². The number of nitriles is 1. The van der Waals surface area contributed by atoms with E-state index in [2.05, 4.69) is 50.5 Å². The van der Waals surface area contributed by atoms with E-state index in [1.54, 1.807) is 18.2 Å². The summed E-state index contributed by atoms with van der Waals surface area (Å²) in [5.41, 5.74) is 1.12. The van der Waals surface area contributed by atoms with Gasteiger partial charge in [0.05, 0.1) is 13.7 Å². The molecule has 0 heterocycles. The lowest BCUT2D eigenvalue weighted by molar-refractivity contribution is -0.112. The number of carbonyl (C=O) groups is 1. The number of carbonyl (C=O) groups excluding carboxylic acids is 1. The van der Waals surface area contributed by atoms with Gasteiger partial charge in [-0.25, -0.2) is 0 Å². The van der Waals surface area contributed by atoms with Gasteiger partial charge in [-0.1, -0.05) is 23.2 Å². The lowest BCUT2D eigenvalue weighted by atomic mass is 10.1. The van der Waals surface area contributed by atoms with Gasteiger partial charge in [0.1, 0.15) is 17.4 Å². The highest BCUT2D eigenvalue weighted by atomic mass is 127. The highest BCUT2D eigenvalue weighted by molar-refractivity contribution is 14.1. The van der Waals surface area contributed by atoms with Gasteiger partial charge in [0.15, 0.2) is 0 Å². The van der Waals surface area contributed by atoms with Crippen molar-refractivity contribution in [3.63, 3.8) is 0 Å². The minimum Gasteiger partial charge on any atom is -0.492 e. The average Bonchev–Trinajstić information content (AvgIpc) is 2.55. The maximum atomic E-state index is 12.4. The molecule has 0 aliphatic carbocycles. The molecule has 1 N–H and O–H groups in total. The second kappa shape index (κ2) is 9.78. The summed E-state index contributed by atoms with van der Waals surface area (Å²) in [6.07, 6.45) is 1.53. The largest absolute Gasteiger partial charge is 0.492 e. The van der Waals surface area contributed by atoms with E-state index >= 15 is 0 Å². The fraction of sp³-hybridized carbons (Fsp3) is 0.111. The Morgan fingerprint density at radius 3 is 2.27 bits per heavy atom. The first-order valence-corrected chi connectivity index (χ1v) is 10.3. The molecule has 0 atom stereocenters. The Balaban J connectivity index is 2.29. The number of amides is 1. The second-order valence-corrected chi connectivity index (χ2v) is 8.23. The van der Waals surface area contributed by atoms with Crippen LogP contribution in [0.15, 0.2) is 35.9 Å². The van der Waals surface area contributed by atoms with Crippen LogP contribution in [0.5, 0.6) is 5.75 Å². The van der Waals surface area contributed by atoms with E-state index in [1.807, 2.05) is 25.1 Å². The van der Waals surface area contributed by atoms with Crippen LogP contribution >= 0.6 is 68.4 Å². The normalized spacial score (nSPS) is 11.0. The number of rotatable bonds is 5. The number of anilines is 1. The summed E-state index contributed by atoms with van der Waals surface area (Å²) < 4.78 is 7.41. The molecule has 0 aliphatic heterocycles. The maximum Gasteiger partial charge on any atom is 0.266 e. The highest BCUT2D eigenvalue weighted by Gasteiger charge is 2.13. The van der Waals surface area contributed by atoms with Gasteiger partial charge < -0.3 is 10.1 Å². The molecule has 0 saturated carbocycles. The molecule has 2 rings (SSSR count). The van der Waals surface area contributed by atoms with Crippen LogP contribution in [0.1, 0.15) is 12.5 Å². The molecule has 26 heavy (non-hydrogen) atoms. The summed E-state index contributed by atoms with van der Waals surface area (Å²) in [7, 11) is 0. The van der Waals surface area contributed by atoms with E-state index in [0.29, 0.717) is 22.3 Å². The van der Waals surface area contributed by atoms with Gasteiger partial charge in [-0.3, -0.25) is 4.79 Å². The van der Waals surface area contributed by atoms with Crippen LogP contribution in [0.25, 0.3) is 6.08 Å². The smallest absolute Gasteiger partial charge is 0.266 e. The summed E-state index contributed by atoms with van der Waals surface area (Å²) >= 11 is 16.2. The van der Waals surface area contributed by atoms with Crippen LogP contribution < -0.4 is 10.1 Å². The van der Waals surface area contributed by atoms with Crippen LogP contribution in [-0.4, -0.2) is 12.5 Å². The topological polar surface area (TPSA) is 62.1 Å². The van der Waals surface area contributed by atoms with Gasteiger partial charge in [0, 0.05) is 15.7 Å². The number of halogens is 4. The van der Waals surface area contributed by atoms with Crippen LogP contribution in [0, 0.1) is 18.5 Å². The number of benzene rings is 2. The summed E-state index contributed by atoms with van der Waals surface area (Å²) in [4.78, 5) is 12.4. The molecule has 2 aromatic carbocycles. The molecular weight excluding hydrogens is 601 g/mol. The van der Waals surface area contributed by atoms with Crippen LogP contribution in [0.2, 0.25) is 10.0 Å². The van der Waals surface area contributed by atoms with Crippen molar-refractivity contribution in [3.05, 3.63) is 58.7 Å². The maximum absolute atomic E-state index is 12.4. The number of nitrogens with one attached hydrogen (secondary N) is 1. The number of ether oxygens (including phenoxy) is 1. The van der Waals surface area contributed by atoms with Crippen molar-refractivity contribution < 1.29 is 9.53 Å². The minimum atomic E-state index is -0.537. The van der Waals surface area contributed by atoms with Gasteiger partial charge in [0.2, 0.25) is 0 Å². The molecule has 134 valence electrons. The standard InChI is InChI=1S/C18H12Cl2I2N2O2/c1-2-26-17-15(21)4-10(5-16(17)22)3-11(9-23)18(25)24-14-7-12(19)6-13(20)8-14/h3-8H,2H2,1H3,(H,24,25). The van der Waals surface area contributed by atoms with Crippen molar-refractivity contribution in [1.29, 1.82) is 5.26 Å². The molecule has 0 aliphatic rings. The minimum absolute atomic E-state index is 0.0307. The third kappa shape index (κ3) is 5.74. The average molecular weight is 613 g/mol. The van der Waals surface area contributed by atoms with Crippen molar-refractivity contribution in [1.82, 2.24) is 0 Å². The third-order valence-corrected chi connectivity index (χ3v) is 5.14. The highest BCUT2D eigenvalue weighted by Crippen LogP contribution is 2.30. The molecule has 0 bridgehead atoms. The van der Waals surface area contributed by atoms with Gasteiger partial charge in [-0.15, -0.1) is 0 Å². The van der Waals surface area contributed by atoms with E-state index in [0.717, 1.165) is 18.5 Å². The lowest BCUT2D eigenvalue weighted by Gasteiger charge is -2.10. The Morgan fingerprint density at radius 2 is 1.77 bits per heavy atom. The zero-order valence-corrected chi connectivity index (χ0v) is 19.3. The lowest BCUT2D eigenvalue weighted by Crippen LogP contribution is -2.13. The Bertz CT molecular complexity index is 881. The Hall–Kier alpha value is -1.02. The molecule has 8 heteroatoms. The van der Waals surface area contributed by atoms with E-state index in [9.17, 15) is 10.1 Å². The van der Waals surface area contributed by atoms with Crippen molar-refractivity contribution in [3.8, 4) is 11.8 Å². The molecule has 4 nitrogen and oxygen atoms in total. The predicted octanol–water partition coefficient (Wildman–Crippen LogP) is 6.15. The molecule has 0 unspecified atom stereocenters. The molecule has 0 radical (unpaired) electrons. The van der Waals surface area contributed by atoms with Crippen LogP contribution in [0.4, 0.5) is 5.69 Å². The predicted molar refractivity (Wildman–Crippen MR) is 122 cm³/mol. The van der Waals surface area contributed by atoms with Crippen molar-refractivity contribution in [2.45, 2.75) is 6.92 Å². The molecule has 0 spiro atoms. The molecule has 0 aromatic heterocycles. The first-order valence-electron chi connectivity index (χ1n) is 7.35.